The zero-order valence-electron chi connectivity index (χ0n) is 19.5. The van der Waals surface area contributed by atoms with Crippen molar-refractivity contribution in [3.8, 4) is 22.9 Å². The van der Waals surface area contributed by atoms with Crippen LogP contribution in [-0.2, 0) is 0 Å². The van der Waals surface area contributed by atoms with Gasteiger partial charge in [0.25, 0.3) is 5.91 Å². The summed E-state index contributed by atoms with van der Waals surface area (Å²) in [6.45, 7) is 7.35. The Kier molecular flexibility index (Phi) is 6.08. The Labute approximate surface area is 199 Å². The largest absolute Gasteiger partial charge is 0.492 e. The van der Waals surface area contributed by atoms with Gasteiger partial charge in [-0.1, -0.05) is 24.3 Å². The molecule has 7 nitrogen and oxygen atoms in total. The molecule has 1 fully saturated rings. The summed E-state index contributed by atoms with van der Waals surface area (Å²) in [5.74, 6) is 1.48. The van der Waals surface area contributed by atoms with E-state index >= 15 is 0 Å². The fourth-order valence-corrected chi connectivity index (χ4v) is 4.34. The topological polar surface area (TPSA) is 63.7 Å². The zero-order valence-corrected chi connectivity index (χ0v) is 19.5. The number of aromatic nitrogens is 2. The number of hydrogen-bond acceptors (Lipinski definition) is 5. The average molecular weight is 457 g/mol. The molecule has 1 aliphatic heterocycles. The van der Waals surface area contributed by atoms with Crippen molar-refractivity contribution in [1.82, 2.24) is 14.7 Å². The second kappa shape index (κ2) is 9.47. The Hall–Kier alpha value is -4.00. The molecule has 174 valence electrons. The molecule has 5 rings (SSSR count). The minimum atomic E-state index is -0.0374. The number of rotatable bonds is 6. The average Bonchev–Trinajstić information content (AvgIpc) is 3.55. The minimum absolute atomic E-state index is 0.0374. The Morgan fingerprint density at radius 2 is 1.82 bits per heavy atom. The standard InChI is InChI=1S/C27H28N4O3/c1-3-33-26-11-5-4-10-23(26)29-13-15-30(16-14-29)27(32)24-19-22(25-12-7-17-34-25)28-31(24)21-9-6-8-20(2)18-21/h4-12,17-19H,3,13-16H2,1-2H3. The third-order valence-corrected chi connectivity index (χ3v) is 6.02. The van der Waals surface area contributed by atoms with Gasteiger partial charge in [0.2, 0.25) is 0 Å². The first-order valence-electron chi connectivity index (χ1n) is 11.6. The first-order valence-corrected chi connectivity index (χ1v) is 11.6. The maximum absolute atomic E-state index is 13.7. The van der Waals surface area contributed by atoms with E-state index in [0.29, 0.717) is 36.8 Å². The summed E-state index contributed by atoms with van der Waals surface area (Å²) in [6, 6.07) is 21.6. The predicted octanol–water partition coefficient (Wildman–Crippen LogP) is 4.80. The molecule has 3 heterocycles. The number of carbonyl (C=O) groups excluding carboxylic acids is 1. The molecule has 0 bridgehead atoms. The van der Waals surface area contributed by atoms with Crippen molar-refractivity contribution in [2.24, 2.45) is 0 Å². The Bertz CT molecular complexity index is 1270. The smallest absolute Gasteiger partial charge is 0.272 e. The van der Waals surface area contributed by atoms with Crippen molar-refractivity contribution in [2.75, 3.05) is 37.7 Å². The number of furan rings is 1. The normalized spacial score (nSPS) is 13.8. The van der Waals surface area contributed by atoms with E-state index in [-0.39, 0.29) is 5.91 Å². The highest BCUT2D eigenvalue weighted by Crippen LogP contribution is 2.29. The van der Waals surface area contributed by atoms with Crippen LogP contribution in [0.4, 0.5) is 5.69 Å². The fourth-order valence-electron chi connectivity index (χ4n) is 4.34. The van der Waals surface area contributed by atoms with Gasteiger partial charge in [-0.25, -0.2) is 4.68 Å². The molecule has 7 heteroatoms. The van der Waals surface area contributed by atoms with E-state index in [1.807, 2.05) is 79.4 Å². The Balaban J connectivity index is 1.40. The lowest BCUT2D eigenvalue weighted by atomic mass is 10.2. The molecule has 0 atom stereocenters. The third-order valence-electron chi connectivity index (χ3n) is 6.02. The number of anilines is 1. The summed E-state index contributed by atoms with van der Waals surface area (Å²) < 4.78 is 13.1. The van der Waals surface area contributed by atoms with E-state index in [9.17, 15) is 4.79 Å². The summed E-state index contributed by atoms with van der Waals surface area (Å²) in [6.07, 6.45) is 1.61. The highest BCUT2D eigenvalue weighted by atomic mass is 16.5. The number of piperazine rings is 1. The highest BCUT2D eigenvalue weighted by molar-refractivity contribution is 5.94. The lowest BCUT2D eigenvalue weighted by Gasteiger charge is -2.36. The molecule has 0 saturated carbocycles. The van der Waals surface area contributed by atoms with Crippen molar-refractivity contribution in [2.45, 2.75) is 13.8 Å². The van der Waals surface area contributed by atoms with E-state index in [1.165, 1.54) is 0 Å². The van der Waals surface area contributed by atoms with Crippen LogP contribution in [0, 0.1) is 6.92 Å². The Morgan fingerprint density at radius 1 is 1.00 bits per heavy atom. The van der Waals surface area contributed by atoms with Crippen LogP contribution in [-0.4, -0.2) is 53.4 Å². The molecular formula is C27H28N4O3. The van der Waals surface area contributed by atoms with Crippen molar-refractivity contribution in [1.29, 1.82) is 0 Å². The van der Waals surface area contributed by atoms with E-state index in [1.54, 1.807) is 10.9 Å². The Morgan fingerprint density at radius 3 is 2.56 bits per heavy atom. The molecule has 2 aromatic heterocycles. The molecular weight excluding hydrogens is 428 g/mol. The van der Waals surface area contributed by atoms with Gasteiger partial charge in [-0.3, -0.25) is 4.79 Å². The molecule has 1 aliphatic rings. The summed E-state index contributed by atoms with van der Waals surface area (Å²) in [7, 11) is 0. The van der Waals surface area contributed by atoms with Crippen LogP contribution >= 0.6 is 0 Å². The van der Waals surface area contributed by atoms with Crippen LogP contribution in [0.15, 0.2) is 77.4 Å². The highest BCUT2D eigenvalue weighted by Gasteiger charge is 2.27. The number of carbonyl (C=O) groups is 1. The first-order chi connectivity index (χ1) is 16.6. The van der Waals surface area contributed by atoms with Gasteiger partial charge < -0.3 is 19.0 Å². The maximum Gasteiger partial charge on any atom is 0.272 e. The molecule has 2 aromatic carbocycles. The van der Waals surface area contributed by atoms with Crippen molar-refractivity contribution in [3.63, 3.8) is 0 Å². The summed E-state index contributed by atoms with van der Waals surface area (Å²) in [5, 5.41) is 4.72. The summed E-state index contributed by atoms with van der Waals surface area (Å²) in [5.41, 5.74) is 4.19. The van der Waals surface area contributed by atoms with Gasteiger partial charge in [-0.15, -0.1) is 0 Å². The summed E-state index contributed by atoms with van der Waals surface area (Å²) in [4.78, 5) is 17.8. The maximum atomic E-state index is 13.7. The van der Waals surface area contributed by atoms with Gasteiger partial charge in [-0.05, 0) is 55.8 Å². The van der Waals surface area contributed by atoms with Crippen molar-refractivity contribution < 1.29 is 13.9 Å². The molecule has 4 aromatic rings. The van der Waals surface area contributed by atoms with Crippen LogP contribution in [0.5, 0.6) is 5.75 Å². The number of ether oxygens (including phenoxy) is 1. The van der Waals surface area contributed by atoms with Crippen LogP contribution in [0.2, 0.25) is 0 Å². The van der Waals surface area contributed by atoms with Crippen LogP contribution in [0.1, 0.15) is 23.0 Å². The molecule has 0 unspecified atom stereocenters. The molecule has 34 heavy (non-hydrogen) atoms. The number of benzene rings is 2. The zero-order chi connectivity index (χ0) is 23.5. The van der Waals surface area contributed by atoms with Gasteiger partial charge in [0.1, 0.15) is 17.1 Å². The van der Waals surface area contributed by atoms with Gasteiger partial charge in [-0.2, -0.15) is 5.10 Å². The fraction of sp³-hybridized carbons (Fsp3) is 0.259. The molecule has 0 aliphatic carbocycles. The first kappa shape index (κ1) is 21.8. The molecule has 0 spiro atoms. The van der Waals surface area contributed by atoms with Crippen LogP contribution in [0.3, 0.4) is 0 Å². The second-order valence-electron chi connectivity index (χ2n) is 8.32. The van der Waals surface area contributed by atoms with Gasteiger partial charge >= 0.3 is 0 Å². The number of aryl methyl sites for hydroxylation is 1. The minimum Gasteiger partial charge on any atom is -0.492 e. The van der Waals surface area contributed by atoms with E-state index in [2.05, 4.69) is 11.0 Å². The quantitative estimate of drug-likeness (QED) is 0.417. The van der Waals surface area contributed by atoms with Gasteiger partial charge in [0.05, 0.1) is 24.2 Å². The van der Waals surface area contributed by atoms with Crippen LogP contribution in [0.25, 0.3) is 17.1 Å². The summed E-state index contributed by atoms with van der Waals surface area (Å²) >= 11 is 0. The van der Waals surface area contributed by atoms with E-state index in [0.717, 1.165) is 35.8 Å². The van der Waals surface area contributed by atoms with E-state index < -0.39 is 0 Å². The SMILES string of the molecule is CCOc1ccccc1N1CCN(C(=O)c2cc(-c3ccco3)nn2-c2cccc(C)c2)CC1. The number of hydrogen-bond donors (Lipinski definition) is 0. The van der Waals surface area contributed by atoms with Gasteiger partial charge in [0.15, 0.2) is 5.76 Å². The third kappa shape index (κ3) is 4.29. The monoisotopic (exact) mass is 456 g/mol. The lowest BCUT2D eigenvalue weighted by Crippen LogP contribution is -2.49. The second-order valence-corrected chi connectivity index (χ2v) is 8.32. The molecule has 0 N–H and O–H groups in total. The molecule has 1 saturated heterocycles. The van der Waals surface area contributed by atoms with Crippen molar-refractivity contribution in [3.05, 3.63) is 84.3 Å². The lowest BCUT2D eigenvalue weighted by molar-refractivity contribution is 0.0737. The number of para-hydroxylation sites is 2. The molecule has 1 amide bonds. The number of amides is 1. The van der Waals surface area contributed by atoms with Crippen LogP contribution < -0.4 is 9.64 Å². The molecule has 0 radical (unpaired) electrons. The number of nitrogens with zero attached hydrogens (tertiary/aromatic N) is 4. The predicted molar refractivity (Wildman–Crippen MR) is 132 cm³/mol. The van der Waals surface area contributed by atoms with Crippen molar-refractivity contribution >= 4 is 11.6 Å². The van der Waals surface area contributed by atoms with E-state index in [4.69, 9.17) is 14.3 Å². The van der Waals surface area contributed by atoms with Gasteiger partial charge in [0, 0.05) is 32.2 Å².